The van der Waals surface area contributed by atoms with E-state index in [0.717, 1.165) is 6.07 Å². The second-order valence-corrected chi connectivity index (χ2v) is 7.55. The molecule has 0 aromatic carbocycles. The van der Waals surface area contributed by atoms with E-state index in [4.69, 9.17) is 5.11 Å². The first-order chi connectivity index (χ1) is 12.6. The minimum Gasteiger partial charge on any atom is -0.395 e. The Labute approximate surface area is 152 Å². The molecular formula is C16H15F3N4O3S. The van der Waals surface area contributed by atoms with Gasteiger partial charge >= 0.3 is 6.18 Å². The monoisotopic (exact) mass is 400 g/mol. The fourth-order valence-electron chi connectivity index (χ4n) is 2.49. The number of hydrogen-bond acceptors (Lipinski definition) is 5. The summed E-state index contributed by atoms with van der Waals surface area (Å²) >= 11 is 0. The molecule has 0 saturated heterocycles. The van der Waals surface area contributed by atoms with Gasteiger partial charge in [0.25, 0.3) is 10.0 Å². The lowest BCUT2D eigenvalue weighted by Gasteiger charge is -2.11. The second-order valence-electron chi connectivity index (χ2n) is 5.89. The number of sulfonamides is 1. The number of aliphatic hydroxyl groups excluding tert-OH is 1. The number of aliphatic hydroxyl groups is 1. The van der Waals surface area contributed by atoms with E-state index in [0.29, 0.717) is 11.1 Å². The molecule has 3 rings (SSSR count). The van der Waals surface area contributed by atoms with Crippen molar-refractivity contribution in [1.82, 2.24) is 19.7 Å². The molecule has 0 aliphatic heterocycles. The number of aromatic nitrogens is 3. The van der Waals surface area contributed by atoms with Crippen molar-refractivity contribution in [2.24, 2.45) is 0 Å². The van der Waals surface area contributed by atoms with Crippen LogP contribution in [-0.2, 0) is 16.2 Å². The molecule has 0 amide bonds. The number of nitrogens with one attached hydrogen (secondary N) is 2. The first-order valence-electron chi connectivity index (χ1n) is 7.76. The first kappa shape index (κ1) is 19.3. The summed E-state index contributed by atoms with van der Waals surface area (Å²) in [5, 5.41) is 8.94. The van der Waals surface area contributed by atoms with Gasteiger partial charge in [-0.15, -0.1) is 0 Å². The van der Waals surface area contributed by atoms with Gasteiger partial charge in [-0.2, -0.15) is 13.2 Å². The molecule has 0 radical (unpaired) electrons. The smallest absolute Gasteiger partial charge is 0.395 e. The maximum atomic E-state index is 12.9. The van der Waals surface area contributed by atoms with Crippen LogP contribution in [0.3, 0.4) is 0 Å². The third-order valence-corrected chi connectivity index (χ3v) is 5.29. The molecule has 144 valence electrons. The van der Waals surface area contributed by atoms with Crippen LogP contribution in [0.15, 0.2) is 41.7 Å². The van der Waals surface area contributed by atoms with Crippen molar-refractivity contribution in [3.63, 3.8) is 0 Å². The number of alkyl halides is 3. The van der Waals surface area contributed by atoms with Gasteiger partial charge in [0, 0.05) is 29.4 Å². The van der Waals surface area contributed by atoms with Gasteiger partial charge < -0.3 is 10.1 Å². The van der Waals surface area contributed by atoms with Gasteiger partial charge in [0.15, 0.2) is 5.03 Å². The standard InChI is InChI=1S/C16H15F3N4O3S/c1-9(8-24)23-27(25,26)14-3-2-10(7-21-14)11-4-5-20-15-12(11)6-13(22-15)16(17,18)19/h2-7,9,23-24H,8H2,1H3,(H,20,22)/t9-/m0/s1. The molecule has 0 aliphatic rings. The highest BCUT2D eigenvalue weighted by molar-refractivity contribution is 7.89. The Kier molecular flexibility index (Phi) is 4.93. The normalized spacial score (nSPS) is 13.8. The average Bonchev–Trinajstić information content (AvgIpc) is 3.06. The number of rotatable bonds is 5. The van der Waals surface area contributed by atoms with Gasteiger partial charge in [-0.05, 0) is 36.8 Å². The number of hydrogen-bond donors (Lipinski definition) is 3. The molecule has 0 spiro atoms. The number of aromatic amines is 1. The third kappa shape index (κ3) is 3.94. The van der Waals surface area contributed by atoms with E-state index in [9.17, 15) is 21.6 Å². The zero-order valence-electron chi connectivity index (χ0n) is 13.9. The van der Waals surface area contributed by atoms with E-state index in [1.165, 1.54) is 37.5 Å². The van der Waals surface area contributed by atoms with Gasteiger partial charge in [-0.1, -0.05) is 0 Å². The highest BCUT2D eigenvalue weighted by atomic mass is 32.2. The summed E-state index contributed by atoms with van der Waals surface area (Å²) in [5.41, 5.74) is 0.00548. The first-order valence-corrected chi connectivity index (χ1v) is 9.24. The average molecular weight is 400 g/mol. The largest absolute Gasteiger partial charge is 0.431 e. The van der Waals surface area contributed by atoms with Crippen LogP contribution in [0.4, 0.5) is 13.2 Å². The van der Waals surface area contributed by atoms with Crippen molar-refractivity contribution >= 4 is 21.1 Å². The minimum absolute atomic E-state index is 0.0648. The van der Waals surface area contributed by atoms with Gasteiger partial charge in [-0.25, -0.2) is 23.1 Å². The Morgan fingerprint density at radius 1 is 1.26 bits per heavy atom. The number of pyridine rings is 2. The van der Waals surface area contributed by atoms with Crippen LogP contribution in [0.1, 0.15) is 12.6 Å². The molecule has 3 aromatic heterocycles. The minimum atomic E-state index is -4.54. The molecule has 0 unspecified atom stereocenters. The summed E-state index contributed by atoms with van der Waals surface area (Å²) in [5.74, 6) is 0. The zero-order chi connectivity index (χ0) is 19.8. The van der Waals surface area contributed by atoms with Crippen molar-refractivity contribution in [3.8, 4) is 11.1 Å². The lowest BCUT2D eigenvalue weighted by atomic mass is 10.1. The fraction of sp³-hybridized carbons (Fsp3) is 0.250. The summed E-state index contributed by atoms with van der Waals surface area (Å²) in [4.78, 5) is 10.0. The maximum Gasteiger partial charge on any atom is 0.431 e. The second kappa shape index (κ2) is 6.91. The van der Waals surface area contributed by atoms with Crippen molar-refractivity contribution in [2.75, 3.05) is 6.61 Å². The van der Waals surface area contributed by atoms with Gasteiger partial charge in [-0.3, -0.25) is 0 Å². The highest BCUT2D eigenvalue weighted by Crippen LogP contribution is 2.34. The summed E-state index contributed by atoms with van der Waals surface area (Å²) in [6.07, 6.45) is -1.93. The molecule has 3 N–H and O–H groups in total. The fourth-order valence-corrected chi connectivity index (χ4v) is 3.66. The van der Waals surface area contributed by atoms with Crippen LogP contribution in [0, 0.1) is 0 Å². The van der Waals surface area contributed by atoms with E-state index >= 15 is 0 Å². The van der Waals surface area contributed by atoms with E-state index < -0.39 is 27.9 Å². The topological polar surface area (TPSA) is 108 Å². The summed E-state index contributed by atoms with van der Waals surface area (Å²) in [6.45, 7) is 1.12. The number of fused-ring (bicyclic) bond motifs is 1. The molecule has 0 bridgehead atoms. The van der Waals surface area contributed by atoms with Crippen LogP contribution in [0.25, 0.3) is 22.2 Å². The van der Waals surface area contributed by atoms with E-state index in [1.54, 1.807) is 0 Å². The van der Waals surface area contributed by atoms with Gasteiger partial charge in [0.2, 0.25) is 0 Å². The molecule has 11 heteroatoms. The summed E-state index contributed by atoms with van der Waals surface area (Å²) < 4.78 is 65.3. The van der Waals surface area contributed by atoms with E-state index in [1.807, 2.05) is 0 Å². The molecule has 3 aromatic rings. The van der Waals surface area contributed by atoms with Crippen molar-refractivity contribution < 1.29 is 26.7 Å². The molecule has 27 heavy (non-hydrogen) atoms. The lowest BCUT2D eigenvalue weighted by molar-refractivity contribution is -0.140. The van der Waals surface area contributed by atoms with Crippen LogP contribution in [-0.4, -0.2) is 41.1 Å². The molecule has 0 saturated carbocycles. The Morgan fingerprint density at radius 2 is 2.00 bits per heavy atom. The summed E-state index contributed by atoms with van der Waals surface area (Å²) in [6, 6.07) is 4.48. The Hall–Kier alpha value is -2.50. The Balaban J connectivity index is 2.00. The number of halogens is 3. The Morgan fingerprint density at radius 3 is 2.59 bits per heavy atom. The van der Waals surface area contributed by atoms with Gasteiger partial charge in [0.05, 0.1) is 6.61 Å². The predicted octanol–water partition coefficient (Wildman–Crippen LogP) is 2.30. The van der Waals surface area contributed by atoms with Crippen LogP contribution >= 0.6 is 0 Å². The molecular weight excluding hydrogens is 385 g/mol. The predicted molar refractivity (Wildman–Crippen MR) is 91.2 cm³/mol. The number of nitrogens with zero attached hydrogens (tertiary/aromatic N) is 2. The molecule has 1 atom stereocenters. The zero-order valence-corrected chi connectivity index (χ0v) is 14.8. The SMILES string of the molecule is C[C@@H](CO)NS(=O)(=O)c1ccc(-c2ccnc3[nH]c(C(F)(F)F)cc23)cn1. The Bertz CT molecular complexity index is 1060. The molecule has 0 fully saturated rings. The van der Waals surface area contributed by atoms with Crippen LogP contribution in [0.2, 0.25) is 0 Å². The summed E-state index contributed by atoms with van der Waals surface area (Å²) in [7, 11) is -3.92. The van der Waals surface area contributed by atoms with Crippen molar-refractivity contribution in [1.29, 1.82) is 0 Å². The van der Waals surface area contributed by atoms with E-state index in [-0.39, 0.29) is 22.7 Å². The molecule has 7 nitrogen and oxygen atoms in total. The van der Waals surface area contributed by atoms with E-state index in [2.05, 4.69) is 19.7 Å². The van der Waals surface area contributed by atoms with Crippen molar-refractivity contribution in [2.45, 2.75) is 24.2 Å². The maximum absolute atomic E-state index is 12.9. The highest BCUT2D eigenvalue weighted by Gasteiger charge is 2.33. The van der Waals surface area contributed by atoms with Gasteiger partial charge in [0.1, 0.15) is 11.3 Å². The lowest BCUT2D eigenvalue weighted by Crippen LogP contribution is -2.35. The quantitative estimate of drug-likeness (QED) is 0.609. The van der Waals surface area contributed by atoms with Crippen LogP contribution < -0.4 is 4.72 Å². The van der Waals surface area contributed by atoms with Crippen LogP contribution in [0.5, 0.6) is 0 Å². The third-order valence-electron chi connectivity index (χ3n) is 3.79. The number of H-pyrrole nitrogens is 1. The molecule has 3 heterocycles. The molecule has 0 aliphatic carbocycles. The van der Waals surface area contributed by atoms with Crippen molar-refractivity contribution in [3.05, 3.63) is 42.4 Å².